The molecule has 0 spiro atoms. The van der Waals surface area contributed by atoms with Gasteiger partial charge >= 0.3 is 0 Å². The second-order valence-electron chi connectivity index (χ2n) is 4.48. The van der Waals surface area contributed by atoms with Crippen LogP contribution >= 0.6 is 23.6 Å². The van der Waals surface area contributed by atoms with E-state index < -0.39 is 5.82 Å². The fourth-order valence-electron chi connectivity index (χ4n) is 1.91. The topological polar surface area (TPSA) is 55.1 Å². The van der Waals surface area contributed by atoms with Gasteiger partial charge in [0.05, 0.1) is 4.88 Å². The van der Waals surface area contributed by atoms with Crippen LogP contribution in [0.1, 0.15) is 33.3 Å². The van der Waals surface area contributed by atoms with Crippen LogP contribution < -0.4 is 11.1 Å². The molecule has 0 fully saturated rings. The zero-order valence-electron chi connectivity index (χ0n) is 11.5. The average molecular weight is 322 g/mol. The molecule has 0 bridgehead atoms. The zero-order valence-corrected chi connectivity index (χ0v) is 13.1. The fraction of sp³-hybridized carbons (Fsp3) is 0.200. The molecule has 0 aliphatic heterocycles. The quantitative estimate of drug-likeness (QED) is 0.832. The molecule has 3 nitrogen and oxygen atoms in total. The minimum absolute atomic E-state index is 0.128. The standard InChI is InChI=1S/C15H15FN2OS2/c1-2-9-5-6-21-13(9)15(19)18-8-11-4-3-10(14(17)20)7-12(11)16/h3-7H,2,8H2,1H3,(H2,17,20)(H,18,19). The monoisotopic (exact) mass is 322 g/mol. The number of thiophene rings is 1. The van der Waals surface area contributed by atoms with Crippen LogP contribution in [0.15, 0.2) is 29.6 Å². The predicted molar refractivity (Wildman–Crippen MR) is 87.2 cm³/mol. The summed E-state index contributed by atoms with van der Waals surface area (Å²) in [5, 5.41) is 4.61. The molecule has 0 aliphatic carbocycles. The van der Waals surface area contributed by atoms with Gasteiger partial charge in [-0.2, -0.15) is 0 Å². The van der Waals surface area contributed by atoms with E-state index in [1.807, 2.05) is 18.4 Å². The van der Waals surface area contributed by atoms with Crippen molar-refractivity contribution in [3.05, 3.63) is 57.0 Å². The Morgan fingerprint density at radius 3 is 2.76 bits per heavy atom. The Morgan fingerprint density at radius 2 is 2.14 bits per heavy atom. The van der Waals surface area contributed by atoms with Gasteiger partial charge in [-0.3, -0.25) is 4.79 Å². The molecule has 6 heteroatoms. The summed E-state index contributed by atoms with van der Waals surface area (Å²) in [6.45, 7) is 2.12. The number of carbonyl (C=O) groups excluding carboxylic acids is 1. The van der Waals surface area contributed by atoms with E-state index in [4.69, 9.17) is 18.0 Å². The number of carbonyl (C=O) groups is 1. The molecule has 0 aliphatic rings. The zero-order chi connectivity index (χ0) is 15.4. The molecule has 1 aromatic heterocycles. The lowest BCUT2D eigenvalue weighted by molar-refractivity contribution is 0.0954. The Labute approximate surface area is 132 Å². The number of hydrogen-bond acceptors (Lipinski definition) is 3. The summed E-state index contributed by atoms with van der Waals surface area (Å²) < 4.78 is 13.9. The molecule has 0 radical (unpaired) electrons. The maximum atomic E-state index is 13.9. The van der Waals surface area contributed by atoms with E-state index in [0.717, 1.165) is 12.0 Å². The number of benzene rings is 1. The van der Waals surface area contributed by atoms with Crippen LogP contribution in [0.3, 0.4) is 0 Å². The fourth-order valence-corrected chi connectivity index (χ4v) is 2.95. The van der Waals surface area contributed by atoms with Gasteiger partial charge in [0.15, 0.2) is 0 Å². The minimum atomic E-state index is -0.428. The number of hydrogen-bond donors (Lipinski definition) is 2. The van der Waals surface area contributed by atoms with Crippen molar-refractivity contribution >= 4 is 34.5 Å². The van der Waals surface area contributed by atoms with Crippen LogP contribution in [-0.4, -0.2) is 10.9 Å². The van der Waals surface area contributed by atoms with Crippen molar-refractivity contribution in [1.82, 2.24) is 5.32 Å². The van der Waals surface area contributed by atoms with Crippen LogP contribution in [0.5, 0.6) is 0 Å². The van der Waals surface area contributed by atoms with Gasteiger partial charge in [-0.1, -0.05) is 31.3 Å². The lowest BCUT2D eigenvalue weighted by Crippen LogP contribution is -2.23. The Balaban J connectivity index is 2.06. The van der Waals surface area contributed by atoms with Gasteiger partial charge in [0.25, 0.3) is 5.91 Å². The molecule has 2 aromatic rings. The average Bonchev–Trinajstić information content (AvgIpc) is 2.94. The van der Waals surface area contributed by atoms with Gasteiger partial charge in [0.1, 0.15) is 10.8 Å². The molecular formula is C15H15FN2OS2. The molecule has 2 rings (SSSR count). The molecule has 1 amide bonds. The van der Waals surface area contributed by atoms with E-state index in [0.29, 0.717) is 16.0 Å². The summed E-state index contributed by atoms with van der Waals surface area (Å²) in [6.07, 6.45) is 0.795. The van der Waals surface area contributed by atoms with Crippen molar-refractivity contribution in [3.8, 4) is 0 Å². The van der Waals surface area contributed by atoms with E-state index in [1.165, 1.54) is 17.4 Å². The van der Waals surface area contributed by atoms with Crippen LogP contribution in [0.4, 0.5) is 4.39 Å². The Morgan fingerprint density at radius 1 is 1.38 bits per heavy atom. The number of amides is 1. The molecular weight excluding hydrogens is 307 g/mol. The molecule has 0 unspecified atom stereocenters. The van der Waals surface area contributed by atoms with E-state index >= 15 is 0 Å². The lowest BCUT2D eigenvalue weighted by Gasteiger charge is -2.08. The lowest BCUT2D eigenvalue weighted by atomic mass is 10.1. The first-order valence-electron chi connectivity index (χ1n) is 6.45. The Kier molecular flexibility index (Phi) is 5.03. The third-order valence-electron chi connectivity index (χ3n) is 3.11. The number of nitrogens with one attached hydrogen (secondary N) is 1. The van der Waals surface area contributed by atoms with E-state index in [-0.39, 0.29) is 17.4 Å². The molecule has 0 saturated carbocycles. The first-order chi connectivity index (χ1) is 10.0. The number of rotatable bonds is 5. The normalized spacial score (nSPS) is 10.4. The second kappa shape index (κ2) is 6.78. The minimum Gasteiger partial charge on any atom is -0.389 e. The smallest absolute Gasteiger partial charge is 0.261 e. The second-order valence-corrected chi connectivity index (χ2v) is 5.84. The van der Waals surface area contributed by atoms with Gasteiger partial charge in [-0.25, -0.2) is 4.39 Å². The molecule has 21 heavy (non-hydrogen) atoms. The third-order valence-corrected chi connectivity index (χ3v) is 4.30. The highest BCUT2D eigenvalue weighted by Gasteiger charge is 2.13. The largest absolute Gasteiger partial charge is 0.389 e. The van der Waals surface area contributed by atoms with E-state index in [1.54, 1.807) is 12.1 Å². The first-order valence-corrected chi connectivity index (χ1v) is 7.74. The number of halogens is 1. The predicted octanol–water partition coefficient (Wildman–Crippen LogP) is 3.01. The van der Waals surface area contributed by atoms with E-state index in [9.17, 15) is 9.18 Å². The maximum Gasteiger partial charge on any atom is 0.261 e. The summed E-state index contributed by atoms with van der Waals surface area (Å²) in [5.74, 6) is -0.609. The molecule has 0 atom stereocenters. The molecule has 0 saturated heterocycles. The maximum absolute atomic E-state index is 13.9. The van der Waals surface area contributed by atoms with Gasteiger partial charge in [-0.15, -0.1) is 11.3 Å². The molecule has 1 aromatic carbocycles. The van der Waals surface area contributed by atoms with Crippen molar-refractivity contribution in [3.63, 3.8) is 0 Å². The summed E-state index contributed by atoms with van der Waals surface area (Å²) in [5.41, 5.74) is 7.33. The van der Waals surface area contributed by atoms with Crippen molar-refractivity contribution in [1.29, 1.82) is 0 Å². The first kappa shape index (κ1) is 15.6. The summed E-state index contributed by atoms with van der Waals surface area (Å²) >= 11 is 6.18. The highest BCUT2D eigenvalue weighted by molar-refractivity contribution is 7.80. The Bertz CT molecular complexity index is 682. The van der Waals surface area contributed by atoms with Gasteiger partial charge in [-0.05, 0) is 29.5 Å². The van der Waals surface area contributed by atoms with Gasteiger partial charge < -0.3 is 11.1 Å². The number of aryl methyl sites for hydroxylation is 1. The SMILES string of the molecule is CCc1ccsc1C(=O)NCc1ccc(C(N)=S)cc1F. The van der Waals surface area contributed by atoms with Crippen molar-refractivity contribution in [2.24, 2.45) is 5.73 Å². The van der Waals surface area contributed by atoms with Crippen molar-refractivity contribution in [2.45, 2.75) is 19.9 Å². The molecule has 1 heterocycles. The van der Waals surface area contributed by atoms with Crippen molar-refractivity contribution < 1.29 is 9.18 Å². The number of thiocarbonyl (C=S) groups is 1. The van der Waals surface area contributed by atoms with Gasteiger partial charge in [0, 0.05) is 17.7 Å². The summed E-state index contributed by atoms with van der Waals surface area (Å²) in [6, 6.07) is 6.44. The summed E-state index contributed by atoms with van der Waals surface area (Å²) in [4.78, 5) is 12.9. The summed E-state index contributed by atoms with van der Waals surface area (Å²) in [7, 11) is 0. The third kappa shape index (κ3) is 3.65. The molecule has 3 N–H and O–H groups in total. The highest BCUT2D eigenvalue weighted by Crippen LogP contribution is 2.17. The molecule has 110 valence electrons. The van der Waals surface area contributed by atoms with Gasteiger partial charge in [0.2, 0.25) is 0 Å². The van der Waals surface area contributed by atoms with Crippen LogP contribution in [0, 0.1) is 5.82 Å². The number of nitrogens with two attached hydrogens (primary N) is 1. The highest BCUT2D eigenvalue weighted by atomic mass is 32.1. The van der Waals surface area contributed by atoms with Crippen LogP contribution in [-0.2, 0) is 13.0 Å². The Hall–Kier alpha value is -1.79. The van der Waals surface area contributed by atoms with Crippen LogP contribution in [0.2, 0.25) is 0 Å². The van der Waals surface area contributed by atoms with Crippen LogP contribution in [0.25, 0.3) is 0 Å². The van der Waals surface area contributed by atoms with Crippen molar-refractivity contribution in [2.75, 3.05) is 0 Å². The van der Waals surface area contributed by atoms with E-state index in [2.05, 4.69) is 5.32 Å².